The molecule has 6 heteroatoms. The Morgan fingerprint density at radius 3 is 2.65 bits per heavy atom. The predicted octanol–water partition coefficient (Wildman–Crippen LogP) is 1.66. The van der Waals surface area contributed by atoms with Gasteiger partial charge in [-0.3, -0.25) is 9.59 Å². The number of ether oxygens (including phenoxy) is 2. The zero-order chi connectivity index (χ0) is 14.4. The SMILES string of the molecule is O=C(O)CCC(=O)Nc1ccc(OC2CCOC2)cc1. The average Bonchev–Trinajstić information content (AvgIpc) is 2.92. The smallest absolute Gasteiger partial charge is 0.303 e. The molecular formula is C14H17NO5. The summed E-state index contributed by atoms with van der Waals surface area (Å²) in [5.74, 6) is -0.572. The van der Waals surface area contributed by atoms with Crippen LogP contribution in [0.15, 0.2) is 24.3 Å². The number of anilines is 1. The Hall–Kier alpha value is -2.08. The van der Waals surface area contributed by atoms with E-state index in [-0.39, 0.29) is 24.9 Å². The van der Waals surface area contributed by atoms with Crippen molar-refractivity contribution in [3.63, 3.8) is 0 Å². The number of carboxylic acid groups (broad SMARTS) is 1. The number of amides is 1. The van der Waals surface area contributed by atoms with E-state index in [1.807, 2.05) is 0 Å². The van der Waals surface area contributed by atoms with Gasteiger partial charge in [-0.05, 0) is 24.3 Å². The number of rotatable bonds is 6. The van der Waals surface area contributed by atoms with Gasteiger partial charge < -0.3 is 19.9 Å². The summed E-state index contributed by atoms with van der Waals surface area (Å²) in [4.78, 5) is 21.8. The Kier molecular flexibility index (Phi) is 4.95. The van der Waals surface area contributed by atoms with E-state index in [9.17, 15) is 9.59 Å². The molecule has 1 fully saturated rings. The van der Waals surface area contributed by atoms with Gasteiger partial charge in [-0.15, -0.1) is 0 Å². The van der Waals surface area contributed by atoms with Crippen LogP contribution in [0.4, 0.5) is 5.69 Å². The quantitative estimate of drug-likeness (QED) is 0.827. The zero-order valence-corrected chi connectivity index (χ0v) is 11.0. The van der Waals surface area contributed by atoms with Crippen LogP contribution >= 0.6 is 0 Å². The van der Waals surface area contributed by atoms with Crippen LogP contribution in [0.3, 0.4) is 0 Å². The number of carboxylic acids is 1. The number of hydrogen-bond acceptors (Lipinski definition) is 4. The summed E-state index contributed by atoms with van der Waals surface area (Å²) in [5, 5.41) is 11.1. The summed E-state index contributed by atoms with van der Waals surface area (Å²) in [7, 11) is 0. The average molecular weight is 279 g/mol. The standard InChI is InChI=1S/C14H17NO5/c16-13(5-6-14(17)18)15-10-1-3-11(4-2-10)20-12-7-8-19-9-12/h1-4,12H,5-9H2,(H,15,16)(H,17,18). The second-order valence-corrected chi connectivity index (χ2v) is 4.57. The van der Waals surface area contributed by atoms with Crippen molar-refractivity contribution < 1.29 is 24.2 Å². The van der Waals surface area contributed by atoms with Gasteiger partial charge in [-0.25, -0.2) is 0 Å². The predicted molar refractivity (Wildman–Crippen MR) is 71.8 cm³/mol. The van der Waals surface area contributed by atoms with Gasteiger partial charge in [-0.1, -0.05) is 0 Å². The number of hydrogen-bond donors (Lipinski definition) is 2. The molecule has 0 spiro atoms. The van der Waals surface area contributed by atoms with E-state index in [0.29, 0.717) is 12.3 Å². The van der Waals surface area contributed by atoms with Crippen LogP contribution in [0.1, 0.15) is 19.3 Å². The molecule has 1 saturated heterocycles. The van der Waals surface area contributed by atoms with E-state index in [1.54, 1.807) is 24.3 Å². The van der Waals surface area contributed by atoms with Crippen LogP contribution in [0.25, 0.3) is 0 Å². The summed E-state index contributed by atoms with van der Waals surface area (Å²) in [6.07, 6.45) is 0.765. The molecule has 0 radical (unpaired) electrons. The molecule has 0 bridgehead atoms. The molecule has 1 aliphatic heterocycles. The molecule has 1 heterocycles. The Morgan fingerprint density at radius 1 is 1.30 bits per heavy atom. The molecule has 1 aromatic rings. The molecule has 108 valence electrons. The second-order valence-electron chi connectivity index (χ2n) is 4.57. The van der Waals surface area contributed by atoms with Gasteiger partial charge >= 0.3 is 5.97 Å². The number of carbonyl (C=O) groups is 2. The molecule has 1 atom stereocenters. The highest BCUT2D eigenvalue weighted by atomic mass is 16.5. The molecule has 2 N–H and O–H groups in total. The van der Waals surface area contributed by atoms with Crippen molar-refractivity contribution in [3.8, 4) is 5.75 Å². The third-order valence-corrected chi connectivity index (χ3v) is 2.89. The van der Waals surface area contributed by atoms with Crippen molar-refractivity contribution in [2.24, 2.45) is 0 Å². The highest BCUT2D eigenvalue weighted by Crippen LogP contribution is 2.19. The molecule has 20 heavy (non-hydrogen) atoms. The minimum absolute atomic E-state index is 0.0347. The van der Waals surface area contributed by atoms with E-state index < -0.39 is 5.97 Å². The van der Waals surface area contributed by atoms with Crippen LogP contribution in [-0.2, 0) is 14.3 Å². The minimum atomic E-state index is -0.984. The molecule has 0 aromatic heterocycles. The van der Waals surface area contributed by atoms with Crippen LogP contribution in [0.2, 0.25) is 0 Å². The Balaban J connectivity index is 1.81. The molecule has 2 rings (SSSR count). The fraction of sp³-hybridized carbons (Fsp3) is 0.429. The Morgan fingerprint density at radius 2 is 2.05 bits per heavy atom. The molecule has 1 aromatic carbocycles. The summed E-state index contributed by atoms with van der Waals surface area (Å²) in [6, 6.07) is 6.99. The molecule has 6 nitrogen and oxygen atoms in total. The summed E-state index contributed by atoms with van der Waals surface area (Å²) < 4.78 is 10.9. The van der Waals surface area contributed by atoms with E-state index >= 15 is 0 Å². The summed E-state index contributed by atoms with van der Waals surface area (Å²) >= 11 is 0. The number of nitrogens with one attached hydrogen (secondary N) is 1. The van der Waals surface area contributed by atoms with Crippen LogP contribution in [-0.4, -0.2) is 36.3 Å². The van der Waals surface area contributed by atoms with Gasteiger partial charge in [0.15, 0.2) is 0 Å². The van der Waals surface area contributed by atoms with Crippen LogP contribution in [0.5, 0.6) is 5.75 Å². The van der Waals surface area contributed by atoms with Crippen molar-refractivity contribution in [2.45, 2.75) is 25.4 Å². The first-order valence-electron chi connectivity index (χ1n) is 6.49. The van der Waals surface area contributed by atoms with Gasteiger partial charge in [0.2, 0.25) is 5.91 Å². The summed E-state index contributed by atoms with van der Waals surface area (Å²) in [5.41, 5.74) is 0.621. The lowest BCUT2D eigenvalue weighted by molar-refractivity contribution is -0.138. The van der Waals surface area contributed by atoms with Crippen molar-refractivity contribution in [1.82, 2.24) is 0 Å². The van der Waals surface area contributed by atoms with E-state index in [4.69, 9.17) is 14.6 Å². The van der Waals surface area contributed by atoms with Crippen molar-refractivity contribution >= 4 is 17.6 Å². The first kappa shape index (κ1) is 14.3. The first-order chi connectivity index (χ1) is 9.63. The van der Waals surface area contributed by atoms with Gasteiger partial charge in [0.05, 0.1) is 19.6 Å². The third-order valence-electron chi connectivity index (χ3n) is 2.89. The lowest BCUT2D eigenvalue weighted by atomic mass is 10.2. The number of benzene rings is 1. The minimum Gasteiger partial charge on any atom is -0.488 e. The fourth-order valence-electron chi connectivity index (χ4n) is 1.86. The lowest BCUT2D eigenvalue weighted by Gasteiger charge is -2.12. The van der Waals surface area contributed by atoms with E-state index in [2.05, 4.69) is 5.32 Å². The number of carbonyl (C=O) groups excluding carboxylic acids is 1. The Bertz CT molecular complexity index is 465. The number of aliphatic carboxylic acids is 1. The lowest BCUT2D eigenvalue weighted by Crippen LogP contribution is -2.16. The topological polar surface area (TPSA) is 84.9 Å². The fourth-order valence-corrected chi connectivity index (χ4v) is 1.86. The van der Waals surface area contributed by atoms with Crippen LogP contribution in [0, 0.1) is 0 Å². The monoisotopic (exact) mass is 279 g/mol. The molecular weight excluding hydrogens is 262 g/mol. The normalized spacial score (nSPS) is 17.7. The van der Waals surface area contributed by atoms with Crippen LogP contribution < -0.4 is 10.1 Å². The second kappa shape index (κ2) is 6.91. The molecule has 0 aliphatic carbocycles. The maximum Gasteiger partial charge on any atom is 0.303 e. The maximum atomic E-state index is 11.5. The highest BCUT2D eigenvalue weighted by Gasteiger charge is 2.16. The van der Waals surface area contributed by atoms with Gasteiger partial charge in [0.25, 0.3) is 0 Å². The van der Waals surface area contributed by atoms with Gasteiger partial charge in [0, 0.05) is 18.5 Å². The van der Waals surface area contributed by atoms with Crippen molar-refractivity contribution in [1.29, 1.82) is 0 Å². The zero-order valence-electron chi connectivity index (χ0n) is 11.0. The van der Waals surface area contributed by atoms with E-state index in [0.717, 1.165) is 18.8 Å². The maximum absolute atomic E-state index is 11.5. The van der Waals surface area contributed by atoms with E-state index in [1.165, 1.54) is 0 Å². The highest BCUT2D eigenvalue weighted by molar-refractivity contribution is 5.92. The molecule has 1 amide bonds. The van der Waals surface area contributed by atoms with Crippen molar-refractivity contribution in [3.05, 3.63) is 24.3 Å². The molecule has 1 aliphatic rings. The van der Waals surface area contributed by atoms with Gasteiger partial charge in [-0.2, -0.15) is 0 Å². The molecule has 0 saturated carbocycles. The van der Waals surface area contributed by atoms with Crippen molar-refractivity contribution in [2.75, 3.05) is 18.5 Å². The third kappa shape index (κ3) is 4.55. The largest absolute Gasteiger partial charge is 0.488 e. The molecule has 1 unspecified atom stereocenters. The summed E-state index contributed by atoms with van der Waals surface area (Å²) in [6.45, 7) is 1.33. The Labute approximate surface area is 116 Å². The van der Waals surface area contributed by atoms with Gasteiger partial charge in [0.1, 0.15) is 11.9 Å². The first-order valence-corrected chi connectivity index (χ1v) is 6.49.